The first-order valence-corrected chi connectivity index (χ1v) is 10.9. The number of rotatable bonds is 4. The van der Waals surface area contributed by atoms with Crippen LogP contribution in [0.25, 0.3) is 5.76 Å². The summed E-state index contributed by atoms with van der Waals surface area (Å²) in [5.74, 6) is -1.45. The highest BCUT2D eigenvalue weighted by atomic mass is 32.1. The Morgan fingerprint density at radius 3 is 2.62 bits per heavy atom. The number of ketones is 1. The van der Waals surface area contributed by atoms with Crippen molar-refractivity contribution in [3.8, 4) is 11.5 Å². The van der Waals surface area contributed by atoms with E-state index in [1.165, 1.54) is 30.3 Å². The van der Waals surface area contributed by atoms with Crippen molar-refractivity contribution in [1.29, 1.82) is 0 Å². The van der Waals surface area contributed by atoms with E-state index in [-0.39, 0.29) is 27.5 Å². The summed E-state index contributed by atoms with van der Waals surface area (Å²) in [6.07, 6.45) is 0. The second kappa shape index (κ2) is 8.23. The van der Waals surface area contributed by atoms with Crippen LogP contribution < -0.4 is 14.4 Å². The molecule has 0 bridgehead atoms. The van der Waals surface area contributed by atoms with Gasteiger partial charge >= 0.3 is 5.91 Å². The van der Waals surface area contributed by atoms with Crippen LogP contribution >= 0.6 is 11.3 Å². The summed E-state index contributed by atoms with van der Waals surface area (Å²) in [6.45, 7) is 2.40. The lowest BCUT2D eigenvalue weighted by Crippen LogP contribution is -2.29. The van der Waals surface area contributed by atoms with Gasteiger partial charge in [0.05, 0.1) is 16.5 Å². The van der Waals surface area contributed by atoms with E-state index >= 15 is 0 Å². The maximum absolute atomic E-state index is 13.2. The number of aliphatic hydroxyl groups is 1. The molecule has 1 aromatic heterocycles. The molecular formula is C22H16N4O7S. The Bertz CT molecular complexity index is 1380. The van der Waals surface area contributed by atoms with Crippen molar-refractivity contribution in [2.75, 3.05) is 18.1 Å². The van der Waals surface area contributed by atoms with E-state index in [1.54, 1.807) is 19.1 Å². The predicted molar refractivity (Wildman–Crippen MR) is 120 cm³/mol. The van der Waals surface area contributed by atoms with E-state index in [0.29, 0.717) is 29.7 Å². The number of aryl methyl sites for hydroxylation is 1. The van der Waals surface area contributed by atoms with Crippen LogP contribution in [0, 0.1) is 17.0 Å². The summed E-state index contributed by atoms with van der Waals surface area (Å²) in [5, 5.41) is 31.2. The number of aliphatic hydroxyl groups excluding tert-OH is 1. The number of aromatic nitrogens is 2. The van der Waals surface area contributed by atoms with Gasteiger partial charge < -0.3 is 14.6 Å². The van der Waals surface area contributed by atoms with Crippen molar-refractivity contribution in [1.82, 2.24) is 10.2 Å². The lowest BCUT2D eigenvalue weighted by atomic mass is 9.95. The molecule has 3 aromatic rings. The minimum absolute atomic E-state index is 0.136. The normalized spacial score (nSPS) is 18.9. The number of non-ortho nitro benzene ring substituents is 1. The van der Waals surface area contributed by atoms with Crippen molar-refractivity contribution in [3.05, 3.63) is 74.3 Å². The molecule has 34 heavy (non-hydrogen) atoms. The Balaban J connectivity index is 1.71. The van der Waals surface area contributed by atoms with Gasteiger partial charge in [-0.25, -0.2) is 0 Å². The molecule has 2 aliphatic heterocycles. The Morgan fingerprint density at radius 2 is 1.91 bits per heavy atom. The van der Waals surface area contributed by atoms with E-state index in [0.717, 1.165) is 16.2 Å². The maximum Gasteiger partial charge on any atom is 0.301 e. The fourth-order valence-electron chi connectivity index (χ4n) is 3.88. The Kier molecular flexibility index (Phi) is 5.21. The van der Waals surface area contributed by atoms with Crippen molar-refractivity contribution < 1.29 is 29.1 Å². The summed E-state index contributed by atoms with van der Waals surface area (Å²) in [7, 11) is 0. The lowest BCUT2D eigenvalue weighted by molar-refractivity contribution is -0.384. The molecular weight excluding hydrogens is 464 g/mol. The highest BCUT2D eigenvalue weighted by molar-refractivity contribution is 7.15. The monoisotopic (exact) mass is 480 g/mol. The number of ether oxygens (including phenoxy) is 2. The van der Waals surface area contributed by atoms with E-state index in [1.807, 2.05) is 0 Å². The second-order valence-electron chi connectivity index (χ2n) is 7.48. The fourth-order valence-corrected chi connectivity index (χ4v) is 4.60. The molecule has 0 saturated carbocycles. The maximum atomic E-state index is 13.2. The first-order valence-electron chi connectivity index (χ1n) is 10.1. The first-order chi connectivity index (χ1) is 16.3. The largest absolute Gasteiger partial charge is 0.507 e. The molecule has 1 atom stereocenters. The third-order valence-corrected chi connectivity index (χ3v) is 6.22. The van der Waals surface area contributed by atoms with Crippen molar-refractivity contribution >= 4 is 39.6 Å². The van der Waals surface area contributed by atoms with Gasteiger partial charge in [0.15, 0.2) is 11.5 Å². The van der Waals surface area contributed by atoms with Gasteiger partial charge in [0.25, 0.3) is 11.5 Å². The minimum Gasteiger partial charge on any atom is -0.507 e. The number of fused-ring (bicyclic) bond motifs is 1. The van der Waals surface area contributed by atoms with Crippen LogP contribution in [0.15, 0.2) is 48.0 Å². The van der Waals surface area contributed by atoms with Crippen molar-refractivity contribution in [2.24, 2.45) is 0 Å². The molecule has 11 nitrogen and oxygen atoms in total. The molecule has 1 N–H and O–H groups in total. The van der Waals surface area contributed by atoms with Gasteiger partial charge in [-0.3, -0.25) is 24.6 Å². The number of benzene rings is 2. The van der Waals surface area contributed by atoms with Gasteiger partial charge in [0.2, 0.25) is 5.13 Å². The van der Waals surface area contributed by atoms with Gasteiger partial charge in [-0.2, -0.15) is 0 Å². The molecule has 172 valence electrons. The number of carbonyl (C=O) groups is 2. The predicted octanol–water partition coefficient (Wildman–Crippen LogP) is 3.15. The van der Waals surface area contributed by atoms with E-state index in [2.05, 4.69) is 10.2 Å². The highest BCUT2D eigenvalue weighted by Gasteiger charge is 2.48. The number of nitro benzene ring substituents is 1. The van der Waals surface area contributed by atoms with E-state index < -0.39 is 28.4 Å². The summed E-state index contributed by atoms with van der Waals surface area (Å²) >= 11 is 1.08. The smallest absolute Gasteiger partial charge is 0.301 e. The van der Waals surface area contributed by atoms with Crippen LogP contribution in [0.3, 0.4) is 0 Å². The summed E-state index contributed by atoms with van der Waals surface area (Å²) in [5.41, 5.74) is 0.0392. The molecule has 3 heterocycles. The number of hydrogen-bond donors (Lipinski definition) is 1. The number of Topliss-reactive ketones (excluding diaryl/α,β-unsaturated/α-hetero) is 1. The average Bonchev–Trinajstić information content (AvgIpc) is 3.38. The molecule has 0 unspecified atom stereocenters. The van der Waals surface area contributed by atoms with Crippen LogP contribution in [-0.4, -0.2) is 45.1 Å². The fraction of sp³-hybridized carbons (Fsp3) is 0.182. The zero-order valence-electron chi connectivity index (χ0n) is 17.6. The van der Waals surface area contributed by atoms with Crippen LogP contribution in [0.1, 0.15) is 22.2 Å². The van der Waals surface area contributed by atoms with Gasteiger partial charge in [0, 0.05) is 17.7 Å². The van der Waals surface area contributed by atoms with Gasteiger partial charge in [0.1, 0.15) is 24.0 Å². The molecule has 1 saturated heterocycles. The molecule has 2 aliphatic rings. The summed E-state index contributed by atoms with van der Waals surface area (Å²) < 4.78 is 11.1. The standard InChI is InChI=1S/C22H16N4O7S/c1-11-23-24-22(34-11)25-18(12-3-2-4-14(9-12)26(30)31)17(20(28)21(25)29)19(27)13-5-6-15-16(10-13)33-8-7-32-15/h2-6,9-10,18,27H,7-8H2,1H3/t18-/m0/s1. The highest BCUT2D eigenvalue weighted by Crippen LogP contribution is 2.44. The number of nitrogens with zero attached hydrogens (tertiary/aromatic N) is 4. The average molecular weight is 480 g/mol. The topological polar surface area (TPSA) is 145 Å². The molecule has 0 aliphatic carbocycles. The number of anilines is 1. The molecule has 0 radical (unpaired) electrons. The Labute approximate surface area is 196 Å². The third-order valence-electron chi connectivity index (χ3n) is 5.38. The van der Waals surface area contributed by atoms with Gasteiger partial charge in [-0.05, 0) is 30.7 Å². The van der Waals surface area contributed by atoms with Gasteiger partial charge in [-0.1, -0.05) is 23.5 Å². The lowest BCUT2D eigenvalue weighted by Gasteiger charge is -2.23. The van der Waals surface area contributed by atoms with Crippen LogP contribution in [0.2, 0.25) is 0 Å². The number of amides is 1. The van der Waals surface area contributed by atoms with E-state index in [9.17, 15) is 24.8 Å². The number of hydrogen-bond acceptors (Lipinski definition) is 10. The first kappa shape index (κ1) is 21.5. The van der Waals surface area contributed by atoms with Gasteiger partial charge in [-0.15, -0.1) is 10.2 Å². The Morgan fingerprint density at radius 1 is 1.15 bits per heavy atom. The third kappa shape index (κ3) is 3.53. The zero-order chi connectivity index (χ0) is 24.0. The second-order valence-corrected chi connectivity index (χ2v) is 8.64. The number of carbonyl (C=O) groups excluding carboxylic acids is 2. The zero-order valence-corrected chi connectivity index (χ0v) is 18.4. The molecule has 5 rings (SSSR count). The summed E-state index contributed by atoms with van der Waals surface area (Å²) in [4.78, 5) is 38.2. The number of nitro groups is 1. The Hall–Kier alpha value is -4.32. The molecule has 12 heteroatoms. The molecule has 1 amide bonds. The summed E-state index contributed by atoms with van der Waals surface area (Å²) in [6, 6.07) is 9.04. The van der Waals surface area contributed by atoms with Crippen LogP contribution in [-0.2, 0) is 9.59 Å². The SMILES string of the molecule is Cc1nnc(N2C(=O)C(=O)C(=C(O)c3ccc4c(c3)OCCO4)[C@@H]2c2cccc([N+](=O)[O-])c2)s1. The molecule has 1 fully saturated rings. The molecule has 2 aromatic carbocycles. The van der Waals surface area contributed by atoms with Crippen molar-refractivity contribution in [2.45, 2.75) is 13.0 Å². The van der Waals surface area contributed by atoms with Crippen molar-refractivity contribution in [3.63, 3.8) is 0 Å². The van der Waals surface area contributed by atoms with Crippen LogP contribution in [0.5, 0.6) is 11.5 Å². The molecule has 0 spiro atoms. The van der Waals surface area contributed by atoms with Crippen LogP contribution in [0.4, 0.5) is 10.8 Å². The van der Waals surface area contributed by atoms with E-state index in [4.69, 9.17) is 9.47 Å². The quantitative estimate of drug-likeness (QED) is 0.196. The minimum atomic E-state index is -1.15.